The van der Waals surface area contributed by atoms with Crippen molar-refractivity contribution in [1.29, 1.82) is 0 Å². The van der Waals surface area contributed by atoms with Gasteiger partial charge in [0.05, 0.1) is 12.8 Å². The van der Waals surface area contributed by atoms with Gasteiger partial charge in [0.1, 0.15) is 5.82 Å². The molecular formula is C10H13FN2O. The number of hydrogen-bond donors (Lipinski definition) is 0. The molecule has 1 aromatic heterocycles. The molecule has 1 fully saturated rings. The molecule has 0 N–H and O–H groups in total. The molecule has 1 aliphatic rings. The Labute approximate surface area is 82.3 Å². The maximum absolute atomic E-state index is 13.4. The Bertz CT molecular complexity index is 327. The van der Waals surface area contributed by atoms with Crippen molar-refractivity contribution in [2.24, 2.45) is 0 Å². The van der Waals surface area contributed by atoms with Crippen LogP contribution < -0.4 is 4.74 Å². The van der Waals surface area contributed by atoms with Crippen LogP contribution in [0.1, 0.15) is 36.7 Å². The molecule has 1 aromatic rings. The van der Waals surface area contributed by atoms with Crippen LogP contribution in [0, 0.1) is 12.9 Å². The number of ether oxygens (including phenoxy) is 1. The fraction of sp³-hybridized carbons (Fsp3) is 0.600. The predicted octanol–water partition coefficient (Wildman–Crippen LogP) is 2.20. The Morgan fingerprint density at radius 1 is 1.36 bits per heavy atom. The zero-order valence-corrected chi connectivity index (χ0v) is 8.38. The monoisotopic (exact) mass is 196 g/mol. The van der Waals surface area contributed by atoms with E-state index in [1.165, 1.54) is 13.5 Å². The highest BCUT2D eigenvalue weighted by Gasteiger charge is 2.24. The molecule has 1 aliphatic carbocycles. The van der Waals surface area contributed by atoms with Gasteiger partial charge in [-0.15, -0.1) is 0 Å². The molecule has 4 heteroatoms. The van der Waals surface area contributed by atoms with Crippen molar-refractivity contribution in [1.82, 2.24) is 9.97 Å². The van der Waals surface area contributed by atoms with E-state index in [2.05, 4.69) is 9.97 Å². The smallest absolute Gasteiger partial charge is 0.258 e. The quantitative estimate of drug-likeness (QED) is 0.680. The Balaban J connectivity index is 2.35. The summed E-state index contributed by atoms with van der Waals surface area (Å²) < 4.78 is 18.2. The van der Waals surface area contributed by atoms with Crippen LogP contribution in [0.3, 0.4) is 0 Å². The molecule has 2 rings (SSSR count). The van der Waals surface area contributed by atoms with Gasteiger partial charge in [0.2, 0.25) is 0 Å². The predicted molar refractivity (Wildman–Crippen MR) is 49.9 cm³/mol. The SMILES string of the molecule is COc1c(C)nc(C2CCC2)nc1F. The van der Waals surface area contributed by atoms with E-state index >= 15 is 0 Å². The maximum atomic E-state index is 13.4. The fourth-order valence-corrected chi connectivity index (χ4v) is 1.63. The summed E-state index contributed by atoms with van der Waals surface area (Å²) in [5, 5.41) is 0. The molecule has 14 heavy (non-hydrogen) atoms. The molecule has 76 valence electrons. The Morgan fingerprint density at radius 3 is 2.50 bits per heavy atom. The molecular weight excluding hydrogens is 183 g/mol. The third-order valence-electron chi connectivity index (χ3n) is 2.69. The van der Waals surface area contributed by atoms with Gasteiger partial charge < -0.3 is 4.74 Å². The fourth-order valence-electron chi connectivity index (χ4n) is 1.63. The summed E-state index contributed by atoms with van der Waals surface area (Å²) in [6, 6.07) is 0. The first kappa shape index (κ1) is 9.37. The molecule has 1 saturated carbocycles. The molecule has 1 heterocycles. The number of aromatic nitrogens is 2. The Morgan fingerprint density at radius 2 is 2.07 bits per heavy atom. The topological polar surface area (TPSA) is 35.0 Å². The molecule has 0 radical (unpaired) electrons. The average Bonchev–Trinajstić information content (AvgIpc) is 2.00. The van der Waals surface area contributed by atoms with Crippen LogP contribution >= 0.6 is 0 Å². The number of methoxy groups -OCH3 is 1. The number of halogens is 1. The summed E-state index contributed by atoms with van der Waals surface area (Å²) in [6.07, 6.45) is 3.34. The second kappa shape index (κ2) is 3.52. The second-order valence-corrected chi connectivity index (χ2v) is 3.62. The van der Waals surface area contributed by atoms with Gasteiger partial charge in [0.15, 0.2) is 5.75 Å². The molecule has 0 spiro atoms. The molecule has 0 unspecified atom stereocenters. The zero-order chi connectivity index (χ0) is 10.1. The molecule has 0 aromatic carbocycles. The van der Waals surface area contributed by atoms with Gasteiger partial charge in [-0.05, 0) is 19.8 Å². The Kier molecular flexibility index (Phi) is 2.35. The summed E-state index contributed by atoms with van der Waals surface area (Å²) in [7, 11) is 1.43. The molecule has 0 amide bonds. The van der Waals surface area contributed by atoms with Gasteiger partial charge in [-0.2, -0.15) is 4.39 Å². The first-order valence-corrected chi connectivity index (χ1v) is 4.80. The van der Waals surface area contributed by atoms with Crippen molar-refractivity contribution < 1.29 is 9.13 Å². The van der Waals surface area contributed by atoms with Crippen LogP contribution in [-0.2, 0) is 0 Å². The summed E-state index contributed by atoms with van der Waals surface area (Å²) in [6.45, 7) is 1.74. The number of aryl methyl sites for hydroxylation is 1. The lowest BCUT2D eigenvalue weighted by molar-refractivity contribution is 0.354. The minimum absolute atomic E-state index is 0.160. The highest BCUT2D eigenvalue weighted by Crippen LogP contribution is 2.35. The average molecular weight is 196 g/mol. The summed E-state index contributed by atoms with van der Waals surface area (Å²) in [4.78, 5) is 8.07. The van der Waals surface area contributed by atoms with Crippen molar-refractivity contribution >= 4 is 0 Å². The normalized spacial score (nSPS) is 16.5. The van der Waals surface area contributed by atoms with Crippen molar-refractivity contribution in [3.05, 3.63) is 17.5 Å². The molecule has 0 saturated heterocycles. The highest BCUT2D eigenvalue weighted by molar-refractivity contribution is 5.26. The lowest BCUT2D eigenvalue weighted by Gasteiger charge is -2.24. The lowest BCUT2D eigenvalue weighted by atomic mass is 9.85. The Hall–Kier alpha value is -1.19. The minimum Gasteiger partial charge on any atom is -0.490 e. The number of nitrogens with zero attached hydrogens (tertiary/aromatic N) is 2. The van der Waals surface area contributed by atoms with E-state index in [1.54, 1.807) is 6.92 Å². The van der Waals surface area contributed by atoms with Crippen LogP contribution in [0.25, 0.3) is 0 Å². The van der Waals surface area contributed by atoms with Gasteiger partial charge in [-0.3, -0.25) is 0 Å². The van der Waals surface area contributed by atoms with Gasteiger partial charge in [0.25, 0.3) is 5.95 Å². The zero-order valence-electron chi connectivity index (χ0n) is 8.38. The van der Waals surface area contributed by atoms with Crippen LogP contribution in [0.15, 0.2) is 0 Å². The third kappa shape index (κ3) is 1.45. The van der Waals surface area contributed by atoms with Gasteiger partial charge in [0, 0.05) is 5.92 Å². The van der Waals surface area contributed by atoms with Crippen LogP contribution in [0.4, 0.5) is 4.39 Å². The van der Waals surface area contributed by atoms with E-state index in [4.69, 9.17) is 4.74 Å². The molecule has 0 aliphatic heterocycles. The van der Waals surface area contributed by atoms with E-state index in [-0.39, 0.29) is 5.75 Å². The summed E-state index contributed by atoms with van der Waals surface area (Å²) >= 11 is 0. The van der Waals surface area contributed by atoms with E-state index < -0.39 is 5.95 Å². The minimum atomic E-state index is -0.540. The molecule has 0 atom stereocenters. The first-order valence-electron chi connectivity index (χ1n) is 4.80. The number of rotatable bonds is 2. The standard InChI is InChI=1S/C10H13FN2O/c1-6-8(14-2)9(11)13-10(12-6)7-4-3-5-7/h7H,3-5H2,1-2H3. The van der Waals surface area contributed by atoms with Crippen molar-refractivity contribution in [3.8, 4) is 5.75 Å². The maximum Gasteiger partial charge on any atom is 0.258 e. The molecule has 0 bridgehead atoms. The van der Waals surface area contributed by atoms with Crippen LogP contribution in [0.5, 0.6) is 5.75 Å². The van der Waals surface area contributed by atoms with E-state index in [1.807, 2.05) is 0 Å². The summed E-state index contributed by atoms with van der Waals surface area (Å²) in [5.41, 5.74) is 0.585. The van der Waals surface area contributed by atoms with E-state index in [0.29, 0.717) is 17.4 Å². The summed E-state index contributed by atoms with van der Waals surface area (Å²) in [5.74, 6) is 0.608. The van der Waals surface area contributed by atoms with E-state index in [9.17, 15) is 4.39 Å². The van der Waals surface area contributed by atoms with Crippen molar-refractivity contribution in [3.63, 3.8) is 0 Å². The highest BCUT2D eigenvalue weighted by atomic mass is 19.1. The largest absolute Gasteiger partial charge is 0.490 e. The third-order valence-corrected chi connectivity index (χ3v) is 2.69. The van der Waals surface area contributed by atoms with Crippen molar-refractivity contribution in [2.45, 2.75) is 32.1 Å². The van der Waals surface area contributed by atoms with Gasteiger partial charge >= 0.3 is 0 Å². The van der Waals surface area contributed by atoms with Crippen LogP contribution in [0.2, 0.25) is 0 Å². The number of hydrogen-bond acceptors (Lipinski definition) is 3. The lowest BCUT2D eigenvalue weighted by Crippen LogP contribution is -2.14. The second-order valence-electron chi connectivity index (χ2n) is 3.62. The molecule has 3 nitrogen and oxygen atoms in total. The van der Waals surface area contributed by atoms with Crippen molar-refractivity contribution in [2.75, 3.05) is 7.11 Å². The van der Waals surface area contributed by atoms with Gasteiger partial charge in [-0.25, -0.2) is 9.97 Å². The van der Waals surface area contributed by atoms with E-state index in [0.717, 1.165) is 12.8 Å². The van der Waals surface area contributed by atoms with Gasteiger partial charge in [-0.1, -0.05) is 6.42 Å². The first-order chi connectivity index (χ1) is 6.72. The van der Waals surface area contributed by atoms with Crippen LogP contribution in [-0.4, -0.2) is 17.1 Å².